The van der Waals surface area contributed by atoms with E-state index in [-0.39, 0.29) is 11.9 Å². The average Bonchev–Trinajstić information content (AvgIpc) is 2.68. The summed E-state index contributed by atoms with van der Waals surface area (Å²) in [5.74, 6) is 0.638. The van der Waals surface area contributed by atoms with Gasteiger partial charge < -0.3 is 11.1 Å². The third-order valence-electron chi connectivity index (χ3n) is 2.99. The summed E-state index contributed by atoms with van der Waals surface area (Å²) in [5.41, 5.74) is 5.43. The molecule has 16 heavy (non-hydrogen) atoms. The Labute approximate surface area is 98.4 Å². The molecule has 6 heteroatoms. The van der Waals surface area contributed by atoms with Crippen LogP contribution in [0.15, 0.2) is 0 Å². The summed E-state index contributed by atoms with van der Waals surface area (Å²) in [7, 11) is 0. The van der Waals surface area contributed by atoms with Crippen molar-refractivity contribution >= 4 is 22.4 Å². The zero-order chi connectivity index (χ0) is 11.5. The van der Waals surface area contributed by atoms with Crippen LogP contribution in [0.5, 0.6) is 0 Å². The predicted molar refractivity (Wildman–Crippen MR) is 63.2 cm³/mol. The van der Waals surface area contributed by atoms with Crippen molar-refractivity contribution in [2.24, 2.45) is 5.92 Å². The Bertz CT molecular complexity index is 371. The number of anilines is 1. The quantitative estimate of drug-likeness (QED) is 0.819. The van der Waals surface area contributed by atoms with E-state index < -0.39 is 0 Å². The molecule has 5 nitrogen and oxygen atoms in total. The second kappa shape index (κ2) is 4.78. The lowest BCUT2D eigenvalue weighted by atomic mass is 9.87. The number of carbonyl (C=O) groups is 1. The molecule has 1 aromatic heterocycles. The summed E-state index contributed by atoms with van der Waals surface area (Å²) in [6.45, 7) is 2.25. The molecule has 1 fully saturated rings. The van der Waals surface area contributed by atoms with Crippen LogP contribution in [-0.4, -0.2) is 22.1 Å². The number of rotatable bonds is 2. The Kier molecular flexibility index (Phi) is 3.38. The third-order valence-corrected chi connectivity index (χ3v) is 3.74. The van der Waals surface area contributed by atoms with Gasteiger partial charge >= 0.3 is 0 Å². The van der Waals surface area contributed by atoms with Crippen LogP contribution in [0.1, 0.15) is 42.4 Å². The van der Waals surface area contributed by atoms with Gasteiger partial charge in [0, 0.05) is 6.04 Å². The van der Waals surface area contributed by atoms with Gasteiger partial charge in [0.05, 0.1) is 0 Å². The van der Waals surface area contributed by atoms with E-state index in [1.807, 2.05) is 0 Å². The van der Waals surface area contributed by atoms with Crippen LogP contribution >= 0.6 is 11.3 Å². The molecule has 0 saturated heterocycles. The van der Waals surface area contributed by atoms with E-state index in [1.165, 1.54) is 12.8 Å². The van der Waals surface area contributed by atoms with Crippen LogP contribution in [-0.2, 0) is 0 Å². The molecule has 1 aliphatic carbocycles. The number of nitrogen functional groups attached to an aromatic ring is 1. The average molecular weight is 240 g/mol. The first-order valence-corrected chi connectivity index (χ1v) is 6.36. The summed E-state index contributed by atoms with van der Waals surface area (Å²) in [6.07, 6.45) is 4.48. The molecule has 0 atom stereocenters. The lowest BCUT2D eigenvalue weighted by Gasteiger charge is -2.26. The number of nitrogens with zero attached hydrogens (tertiary/aromatic N) is 2. The Morgan fingerprint density at radius 3 is 2.62 bits per heavy atom. The van der Waals surface area contributed by atoms with Crippen molar-refractivity contribution in [2.45, 2.75) is 38.6 Å². The maximum atomic E-state index is 11.7. The van der Waals surface area contributed by atoms with Crippen molar-refractivity contribution in [3.8, 4) is 0 Å². The molecule has 1 heterocycles. The van der Waals surface area contributed by atoms with Crippen LogP contribution in [0.25, 0.3) is 0 Å². The molecule has 0 bridgehead atoms. The monoisotopic (exact) mass is 240 g/mol. The summed E-state index contributed by atoms with van der Waals surface area (Å²) in [5, 5.41) is 11.0. The molecule has 1 aliphatic rings. The van der Waals surface area contributed by atoms with E-state index in [9.17, 15) is 4.79 Å². The number of carbonyl (C=O) groups excluding carboxylic acids is 1. The molecular formula is C10H16N4OS. The molecule has 0 radical (unpaired) electrons. The maximum Gasteiger partial charge on any atom is 0.282 e. The van der Waals surface area contributed by atoms with Crippen LogP contribution in [0.4, 0.5) is 5.13 Å². The molecule has 3 N–H and O–H groups in total. The molecule has 0 spiro atoms. The molecule has 0 aromatic carbocycles. The zero-order valence-electron chi connectivity index (χ0n) is 9.27. The minimum Gasteiger partial charge on any atom is -0.374 e. The van der Waals surface area contributed by atoms with E-state index >= 15 is 0 Å². The highest BCUT2D eigenvalue weighted by Crippen LogP contribution is 2.23. The lowest BCUT2D eigenvalue weighted by molar-refractivity contribution is 0.0922. The molecule has 88 valence electrons. The summed E-state index contributed by atoms with van der Waals surface area (Å²) < 4.78 is 0. The van der Waals surface area contributed by atoms with Gasteiger partial charge in [0.15, 0.2) is 0 Å². The van der Waals surface area contributed by atoms with Crippen LogP contribution in [0, 0.1) is 5.92 Å². The third kappa shape index (κ3) is 2.69. The molecular weight excluding hydrogens is 224 g/mol. The Morgan fingerprint density at radius 1 is 1.38 bits per heavy atom. The van der Waals surface area contributed by atoms with Crippen molar-refractivity contribution in [3.63, 3.8) is 0 Å². The van der Waals surface area contributed by atoms with Gasteiger partial charge in [-0.15, -0.1) is 10.2 Å². The SMILES string of the molecule is CC1CCC(NC(=O)c2nnc(N)s2)CC1. The van der Waals surface area contributed by atoms with Crippen LogP contribution in [0.3, 0.4) is 0 Å². The van der Waals surface area contributed by atoms with E-state index in [0.29, 0.717) is 10.1 Å². The van der Waals surface area contributed by atoms with Gasteiger partial charge in [0.1, 0.15) is 0 Å². The number of nitrogens with one attached hydrogen (secondary N) is 1. The number of nitrogens with two attached hydrogens (primary N) is 1. The van der Waals surface area contributed by atoms with Crippen LogP contribution < -0.4 is 11.1 Å². The second-order valence-corrected chi connectivity index (χ2v) is 5.38. The number of hydrogen-bond donors (Lipinski definition) is 2. The van der Waals surface area contributed by atoms with Gasteiger partial charge in [-0.3, -0.25) is 4.79 Å². The smallest absolute Gasteiger partial charge is 0.282 e. The molecule has 1 aromatic rings. The number of hydrogen-bond acceptors (Lipinski definition) is 5. The topological polar surface area (TPSA) is 80.9 Å². The van der Waals surface area contributed by atoms with Gasteiger partial charge in [-0.25, -0.2) is 0 Å². The van der Waals surface area contributed by atoms with Crippen molar-refractivity contribution in [1.82, 2.24) is 15.5 Å². The molecule has 1 saturated carbocycles. The molecule has 0 unspecified atom stereocenters. The van der Waals surface area contributed by atoms with E-state index in [0.717, 1.165) is 30.1 Å². The second-order valence-electron chi connectivity index (χ2n) is 4.38. The largest absolute Gasteiger partial charge is 0.374 e. The van der Waals surface area contributed by atoms with E-state index in [4.69, 9.17) is 5.73 Å². The highest BCUT2D eigenvalue weighted by molar-refractivity contribution is 7.16. The van der Waals surface area contributed by atoms with E-state index in [1.54, 1.807) is 0 Å². The fraction of sp³-hybridized carbons (Fsp3) is 0.700. The summed E-state index contributed by atoms with van der Waals surface area (Å²) >= 11 is 1.13. The van der Waals surface area contributed by atoms with Gasteiger partial charge in [-0.05, 0) is 31.6 Å². The van der Waals surface area contributed by atoms with E-state index in [2.05, 4.69) is 22.4 Å². The lowest BCUT2D eigenvalue weighted by Crippen LogP contribution is -2.37. The number of aromatic nitrogens is 2. The molecule has 0 aliphatic heterocycles. The highest BCUT2D eigenvalue weighted by atomic mass is 32.1. The summed E-state index contributed by atoms with van der Waals surface area (Å²) in [6, 6.07) is 0.286. The fourth-order valence-electron chi connectivity index (χ4n) is 1.98. The van der Waals surface area contributed by atoms with Crippen molar-refractivity contribution in [1.29, 1.82) is 0 Å². The highest BCUT2D eigenvalue weighted by Gasteiger charge is 2.21. The summed E-state index contributed by atoms with van der Waals surface area (Å²) in [4.78, 5) is 11.7. The normalized spacial score (nSPS) is 25.3. The maximum absolute atomic E-state index is 11.7. The van der Waals surface area contributed by atoms with Crippen LogP contribution in [0.2, 0.25) is 0 Å². The Morgan fingerprint density at radius 2 is 2.06 bits per heavy atom. The van der Waals surface area contributed by atoms with Gasteiger partial charge in [0.25, 0.3) is 5.91 Å². The van der Waals surface area contributed by atoms with Gasteiger partial charge in [0.2, 0.25) is 10.1 Å². The molecule has 2 rings (SSSR count). The van der Waals surface area contributed by atoms with Gasteiger partial charge in [-0.1, -0.05) is 18.3 Å². The minimum atomic E-state index is -0.145. The van der Waals surface area contributed by atoms with Crippen molar-refractivity contribution < 1.29 is 4.79 Å². The van der Waals surface area contributed by atoms with Gasteiger partial charge in [-0.2, -0.15) is 0 Å². The first kappa shape index (κ1) is 11.3. The predicted octanol–water partition coefficient (Wildman–Crippen LogP) is 1.43. The minimum absolute atomic E-state index is 0.145. The first-order valence-electron chi connectivity index (χ1n) is 5.55. The fourth-order valence-corrected chi connectivity index (χ4v) is 2.49. The Balaban J connectivity index is 1.88. The standard InChI is InChI=1S/C10H16N4OS/c1-6-2-4-7(5-3-6)12-8(15)9-13-14-10(11)16-9/h6-7H,2-5H2,1H3,(H2,11,14)(H,12,15). The molecule has 1 amide bonds. The van der Waals surface area contributed by atoms with Crippen molar-refractivity contribution in [2.75, 3.05) is 5.73 Å². The Hall–Kier alpha value is -1.17. The first-order chi connectivity index (χ1) is 7.65. The zero-order valence-corrected chi connectivity index (χ0v) is 10.1. The van der Waals surface area contributed by atoms with Crippen molar-refractivity contribution in [3.05, 3.63) is 5.01 Å². The number of amides is 1.